The maximum absolute atomic E-state index is 7.44. The molecule has 0 aliphatic rings. The first-order valence-electron chi connectivity index (χ1n) is 4.39. The fourth-order valence-electron chi connectivity index (χ4n) is 1.56. The van der Waals surface area contributed by atoms with Crippen LogP contribution < -0.4 is 5.73 Å². The number of halogens is 1. The third-order valence-corrected chi connectivity index (χ3v) is 2.26. The zero-order valence-electron chi connectivity index (χ0n) is 8.32. The van der Waals surface area contributed by atoms with Crippen molar-refractivity contribution >= 4 is 29.1 Å². The van der Waals surface area contributed by atoms with E-state index in [9.17, 15) is 0 Å². The number of hydrogen-bond donors (Lipinski definition) is 2. The van der Waals surface area contributed by atoms with Crippen LogP contribution in [0.15, 0.2) is 30.5 Å². The van der Waals surface area contributed by atoms with Gasteiger partial charge in [0.15, 0.2) is 0 Å². The Morgan fingerprint density at radius 2 is 2.07 bits per heavy atom. The summed E-state index contributed by atoms with van der Waals surface area (Å²) in [5.74, 6) is 0.0861. The van der Waals surface area contributed by atoms with Crippen molar-refractivity contribution in [3.05, 3.63) is 41.6 Å². The number of nitrogens with two attached hydrogens (primary N) is 1. The molecular weight excluding hydrogens is 210 g/mol. The van der Waals surface area contributed by atoms with Crippen molar-refractivity contribution in [1.29, 1.82) is 5.41 Å². The van der Waals surface area contributed by atoms with E-state index in [1.54, 1.807) is 12.3 Å². The summed E-state index contributed by atoms with van der Waals surface area (Å²) in [5, 5.41) is 8.38. The second-order valence-corrected chi connectivity index (χ2v) is 3.24. The molecule has 3 N–H and O–H groups in total. The minimum absolute atomic E-state index is 0. The lowest BCUT2D eigenvalue weighted by Crippen LogP contribution is -2.11. The summed E-state index contributed by atoms with van der Waals surface area (Å²) in [6.07, 6.45) is 1.69. The molecule has 0 unspecified atom stereocenters. The largest absolute Gasteiger partial charge is 0.384 e. The minimum atomic E-state index is 0. The van der Waals surface area contributed by atoms with Gasteiger partial charge in [-0.15, -0.1) is 12.4 Å². The van der Waals surface area contributed by atoms with E-state index in [1.165, 1.54) is 0 Å². The molecule has 0 spiro atoms. The minimum Gasteiger partial charge on any atom is -0.384 e. The molecule has 1 heterocycles. The Bertz CT molecular complexity index is 508. The number of nitrogens with zero attached hydrogens (tertiary/aromatic N) is 1. The molecule has 0 fully saturated rings. The van der Waals surface area contributed by atoms with Crippen LogP contribution in [0.2, 0.25) is 0 Å². The predicted octanol–water partition coefficient (Wildman–Crippen LogP) is 2.25. The van der Waals surface area contributed by atoms with Crippen molar-refractivity contribution in [2.24, 2.45) is 5.73 Å². The van der Waals surface area contributed by atoms with Crippen LogP contribution in [0.3, 0.4) is 0 Å². The smallest absolute Gasteiger partial charge is 0.123 e. The number of pyridine rings is 1. The molecule has 0 bridgehead atoms. The summed E-state index contributed by atoms with van der Waals surface area (Å²) in [6.45, 7) is 2.00. The number of amidine groups is 1. The number of nitrogen functional groups attached to an aromatic ring is 1. The van der Waals surface area contributed by atoms with Crippen molar-refractivity contribution in [2.45, 2.75) is 6.92 Å². The van der Waals surface area contributed by atoms with Crippen molar-refractivity contribution < 1.29 is 0 Å². The molecular formula is C11H12ClN3. The Morgan fingerprint density at radius 1 is 1.33 bits per heavy atom. The Labute approximate surface area is 94.2 Å². The van der Waals surface area contributed by atoms with Gasteiger partial charge in [-0.05, 0) is 18.6 Å². The van der Waals surface area contributed by atoms with Gasteiger partial charge in [-0.2, -0.15) is 0 Å². The lowest BCUT2D eigenvalue weighted by molar-refractivity contribution is 1.35. The number of nitrogens with one attached hydrogen (secondary N) is 1. The number of para-hydroxylation sites is 1. The average molecular weight is 222 g/mol. The SMILES string of the molecule is Cc1cccc2c(C(=N)N)ccnc12.Cl. The van der Waals surface area contributed by atoms with Gasteiger partial charge in [-0.3, -0.25) is 10.4 Å². The van der Waals surface area contributed by atoms with E-state index in [4.69, 9.17) is 11.1 Å². The number of rotatable bonds is 1. The highest BCUT2D eigenvalue weighted by molar-refractivity contribution is 6.06. The van der Waals surface area contributed by atoms with Crippen LogP contribution in [0.4, 0.5) is 0 Å². The fraction of sp³-hybridized carbons (Fsp3) is 0.0909. The second-order valence-electron chi connectivity index (χ2n) is 3.24. The van der Waals surface area contributed by atoms with Gasteiger partial charge in [0.1, 0.15) is 5.84 Å². The van der Waals surface area contributed by atoms with Crippen molar-refractivity contribution in [3.8, 4) is 0 Å². The topological polar surface area (TPSA) is 62.8 Å². The van der Waals surface area contributed by atoms with E-state index >= 15 is 0 Å². The van der Waals surface area contributed by atoms with Crippen LogP contribution in [0.25, 0.3) is 10.9 Å². The summed E-state index contributed by atoms with van der Waals surface area (Å²) in [7, 11) is 0. The van der Waals surface area contributed by atoms with Crippen molar-refractivity contribution in [1.82, 2.24) is 4.98 Å². The van der Waals surface area contributed by atoms with E-state index in [0.29, 0.717) is 0 Å². The molecule has 1 aromatic heterocycles. The van der Waals surface area contributed by atoms with Crippen LogP contribution in [0.1, 0.15) is 11.1 Å². The molecule has 1 aromatic carbocycles. The van der Waals surface area contributed by atoms with Crippen LogP contribution in [-0.2, 0) is 0 Å². The van der Waals surface area contributed by atoms with E-state index in [-0.39, 0.29) is 18.2 Å². The molecule has 15 heavy (non-hydrogen) atoms. The fourth-order valence-corrected chi connectivity index (χ4v) is 1.56. The summed E-state index contributed by atoms with van der Waals surface area (Å²) in [4.78, 5) is 4.27. The molecule has 0 aliphatic heterocycles. The first kappa shape index (κ1) is 11.5. The summed E-state index contributed by atoms with van der Waals surface area (Å²) >= 11 is 0. The van der Waals surface area contributed by atoms with Gasteiger partial charge in [0, 0.05) is 17.1 Å². The first-order valence-corrected chi connectivity index (χ1v) is 4.39. The molecule has 78 valence electrons. The van der Waals surface area contributed by atoms with Gasteiger partial charge in [0.2, 0.25) is 0 Å². The molecule has 0 saturated carbocycles. The first-order chi connectivity index (χ1) is 6.70. The van der Waals surface area contributed by atoms with Gasteiger partial charge in [0.05, 0.1) is 5.52 Å². The van der Waals surface area contributed by atoms with Crippen LogP contribution in [0.5, 0.6) is 0 Å². The van der Waals surface area contributed by atoms with E-state index in [2.05, 4.69) is 4.98 Å². The third kappa shape index (κ3) is 1.92. The molecule has 0 atom stereocenters. The molecule has 4 heteroatoms. The quantitative estimate of drug-likeness (QED) is 0.573. The predicted molar refractivity (Wildman–Crippen MR) is 64.7 cm³/mol. The van der Waals surface area contributed by atoms with Gasteiger partial charge in [0.25, 0.3) is 0 Å². The zero-order chi connectivity index (χ0) is 10.1. The van der Waals surface area contributed by atoms with Crippen LogP contribution in [0, 0.1) is 12.3 Å². The lowest BCUT2D eigenvalue weighted by atomic mass is 10.1. The maximum Gasteiger partial charge on any atom is 0.123 e. The van der Waals surface area contributed by atoms with Gasteiger partial charge in [-0.25, -0.2) is 0 Å². The average Bonchev–Trinajstić information content (AvgIpc) is 2.17. The second kappa shape index (κ2) is 4.28. The molecule has 0 saturated heterocycles. The molecule has 3 nitrogen and oxygen atoms in total. The molecule has 2 rings (SSSR count). The monoisotopic (exact) mass is 221 g/mol. The van der Waals surface area contributed by atoms with E-state index in [0.717, 1.165) is 22.0 Å². The summed E-state index contributed by atoms with van der Waals surface area (Å²) in [6, 6.07) is 7.65. The molecule has 0 radical (unpaired) electrons. The van der Waals surface area contributed by atoms with E-state index in [1.807, 2.05) is 25.1 Å². The van der Waals surface area contributed by atoms with Gasteiger partial charge in [-0.1, -0.05) is 18.2 Å². The Balaban J connectivity index is 0.00000112. The Morgan fingerprint density at radius 3 is 2.73 bits per heavy atom. The zero-order valence-corrected chi connectivity index (χ0v) is 9.14. The third-order valence-electron chi connectivity index (χ3n) is 2.26. The number of aromatic nitrogens is 1. The van der Waals surface area contributed by atoms with Crippen molar-refractivity contribution in [3.63, 3.8) is 0 Å². The molecule has 2 aromatic rings. The Kier molecular flexibility index (Phi) is 3.27. The van der Waals surface area contributed by atoms with Crippen molar-refractivity contribution in [2.75, 3.05) is 0 Å². The summed E-state index contributed by atoms with van der Waals surface area (Å²) in [5.41, 5.74) is 8.25. The standard InChI is InChI=1S/C11H11N3.ClH/c1-7-3-2-4-8-9(11(12)13)5-6-14-10(7)8;/h2-6H,1H3,(H3,12,13);1H. The highest BCUT2D eigenvalue weighted by Gasteiger charge is 2.04. The number of fused-ring (bicyclic) bond motifs is 1. The van der Waals surface area contributed by atoms with Gasteiger partial charge < -0.3 is 5.73 Å². The van der Waals surface area contributed by atoms with E-state index < -0.39 is 0 Å². The van der Waals surface area contributed by atoms with Crippen LogP contribution >= 0.6 is 12.4 Å². The van der Waals surface area contributed by atoms with Crippen LogP contribution in [-0.4, -0.2) is 10.8 Å². The maximum atomic E-state index is 7.44. The lowest BCUT2D eigenvalue weighted by Gasteiger charge is -2.05. The number of hydrogen-bond acceptors (Lipinski definition) is 2. The number of benzene rings is 1. The molecule has 0 aliphatic carbocycles. The normalized spacial score (nSPS) is 9.67. The number of aryl methyl sites for hydroxylation is 1. The highest BCUT2D eigenvalue weighted by Crippen LogP contribution is 2.18. The Hall–Kier alpha value is -1.61. The summed E-state index contributed by atoms with van der Waals surface area (Å²) < 4.78 is 0. The highest BCUT2D eigenvalue weighted by atomic mass is 35.5. The van der Waals surface area contributed by atoms with Gasteiger partial charge >= 0.3 is 0 Å². The molecule has 0 amide bonds.